The highest BCUT2D eigenvalue weighted by Gasteiger charge is 2.47. The summed E-state index contributed by atoms with van der Waals surface area (Å²) in [5.74, 6) is 3.66. The van der Waals surface area contributed by atoms with Crippen molar-refractivity contribution in [2.75, 3.05) is 14.2 Å². The van der Waals surface area contributed by atoms with Gasteiger partial charge in [0.05, 0.1) is 14.2 Å². The van der Waals surface area contributed by atoms with Gasteiger partial charge in [-0.15, -0.1) is 11.8 Å². The van der Waals surface area contributed by atoms with Gasteiger partial charge in [0.1, 0.15) is 0 Å². The lowest BCUT2D eigenvalue weighted by molar-refractivity contribution is -0.168. The summed E-state index contributed by atoms with van der Waals surface area (Å²) in [4.78, 5) is 36.4. The van der Waals surface area contributed by atoms with Gasteiger partial charge >= 0.3 is 11.9 Å². The van der Waals surface area contributed by atoms with E-state index in [4.69, 9.17) is 9.47 Å². The average molecular weight is 328 g/mol. The van der Waals surface area contributed by atoms with Gasteiger partial charge in [0.2, 0.25) is 0 Å². The number of carbonyl (C=O) groups is 3. The number of hydrogen-bond donors (Lipinski definition) is 0. The Bertz CT molecular complexity index is 661. The van der Waals surface area contributed by atoms with Crippen molar-refractivity contribution in [2.45, 2.75) is 19.8 Å². The molecular weight excluding hydrogens is 308 g/mol. The molecule has 0 atom stereocenters. The van der Waals surface area contributed by atoms with E-state index in [2.05, 4.69) is 11.8 Å². The Morgan fingerprint density at radius 3 is 2.17 bits per heavy atom. The fourth-order valence-corrected chi connectivity index (χ4v) is 2.16. The predicted molar refractivity (Wildman–Crippen MR) is 89.1 cm³/mol. The number of rotatable bonds is 7. The van der Waals surface area contributed by atoms with Gasteiger partial charge in [-0.05, 0) is 19.4 Å². The summed E-state index contributed by atoms with van der Waals surface area (Å²) < 4.78 is 9.50. The Morgan fingerprint density at radius 1 is 1.08 bits per heavy atom. The molecule has 1 aromatic carbocycles. The smallest absolute Gasteiger partial charge is 0.324 e. The van der Waals surface area contributed by atoms with E-state index in [-0.39, 0.29) is 18.6 Å². The molecule has 0 fully saturated rings. The molecule has 0 aliphatic carbocycles. The van der Waals surface area contributed by atoms with Gasteiger partial charge in [0.15, 0.2) is 11.2 Å². The van der Waals surface area contributed by atoms with Gasteiger partial charge in [0, 0.05) is 12.0 Å². The highest BCUT2D eigenvalue weighted by atomic mass is 16.5. The lowest BCUT2D eigenvalue weighted by atomic mass is 9.81. The Labute approximate surface area is 141 Å². The lowest BCUT2D eigenvalue weighted by Gasteiger charge is -2.24. The Kier molecular flexibility index (Phi) is 7.44. The summed E-state index contributed by atoms with van der Waals surface area (Å²) in [7, 11) is 2.39. The van der Waals surface area contributed by atoms with E-state index in [9.17, 15) is 14.4 Å². The van der Waals surface area contributed by atoms with E-state index in [0.29, 0.717) is 5.56 Å². The summed E-state index contributed by atoms with van der Waals surface area (Å²) in [5.41, 5.74) is -1.07. The quantitative estimate of drug-likeness (QED) is 0.253. The maximum absolute atomic E-state index is 12.2. The molecule has 0 aromatic heterocycles. The van der Waals surface area contributed by atoms with Crippen molar-refractivity contribution in [3.8, 4) is 11.8 Å². The highest BCUT2D eigenvalue weighted by Crippen LogP contribution is 2.30. The normalized spacial score (nSPS) is 10.6. The van der Waals surface area contributed by atoms with Crippen LogP contribution in [0.1, 0.15) is 30.1 Å². The van der Waals surface area contributed by atoms with Gasteiger partial charge in [0.25, 0.3) is 0 Å². The minimum Gasteiger partial charge on any atom is -0.468 e. The zero-order valence-electron chi connectivity index (χ0n) is 14.0. The van der Waals surface area contributed by atoms with Crippen LogP contribution in [0.5, 0.6) is 0 Å². The summed E-state index contributed by atoms with van der Waals surface area (Å²) in [6, 6.07) is 8.69. The number of benzene rings is 1. The van der Waals surface area contributed by atoms with Crippen LogP contribution >= 0.6 is 0 Å². The molecule has 0 saturated carbocycles. The summed E-state index contributed by atoms with van der Waals surface area (Å²) in [6.45, 7) is 1.61. The van der Waals surface area contributed by atoms with E-state index in [1.807, 2.05) is 6.07 Å². The first-order chi connectivity index (χ1) is 11.5. The monoisotopic (exact) mass is 328 g/mol. The maximum Gasteiger partial charge on any atom is 0.324 e. The number of carbonyl (C=O) groups excluding carboxylic acids is 3. The van der Waals surface area contributed by atoms with Crippen LogP contribution in [-0.2, 0) is 19.1 Å². The number of allylic oxidation sites excluding steroid dienone is 2. The van der Waals surface area contributed by atoms with E-state index in [0.717, 1.165) is 0 Å². The molecule has 0 aliphatic rings. The largest absolute Gasteiger partial charge is 0.468 e. The van der Waals surface area contributed by atoms with Crippen LogP contribution in [-0.4, -0.2) is 31.9 Å². The number of ketones is 1. The molecule has 0 spiro atoms. The first-order valence-corrected chi connectivity index (χ1v) is 7.34. The summed E-state index contributed by atoms with van der Waals surface area (Å²) in [5, 5.41) is 0. The minimum atomic E-state index is -1.58. The third-order valence-electron chi connectivity index (χ3n) is 3.51. The molecule has 0 radical (unpaired) electrons. The Balaban J connectivity index is 3.04. The molecule has 0 heterocycles. The minimum absolute atomic E-state index is 0.0421. The van der Waals surface area contributed by atoms with Gasteiger partial charge in [-0.1, -0.05) is 36.4 Å². The summed E-state index contributed by atoms with van der Waals surface area (Å²) >= 11 is 0. The second-order valence-electron chi connectivity index (χ2n) is 5.01. The van der Waals surface area contributed by atoms with Crippen molar-refractivity contribution >= 4 is 17.7 Å². The number of methoxy groups -OCH3 is 2. The van der Waals surface area contributed by atoms with Crippen LogP contribution in [0.3, 0.4) is 0 Å². The Morgan fingerprint density at radius 2 is 1.67 bits per heavy atom. The third kappa shape index (κ3) is 4.56. The average Bonchev–Trinajstić information content (AvgIpc) is 2.63. The van der Waals surface area contributed by atoms with Crippen LogP contribution in [0.15, 0.2) is 42.5 Å². The highest BCUT2D eigenvalue weighted by molar-refractivity contribution is 6.05. The van der Waals surface area contributed by atoms with E-state index >= 15 is 0 Å². The fourth-order valence-electron chi connectivity index (χ4n) is 2.16. The second-order valence-corrected chi connectivity index (χ2v) is 5.01. The molecule has 0 amide bonds. The molecule has 24 heavy (non-hydrogen) atoms. The standard InChI is InChI=1S/C19H20O5/c1-4-5-13-19(17(21)23-2,18(22)24-3)14-9-12-16(20)15-10-7-6-8-11-15/h6-12H,13-14H2,1-3H3/b12-9+. The van der Waals surface area contributed by atoms with Crippen LogP contribution < -0.4 is 0 Å². The molecule has 0 unspecified atom stereocenters. The lowest BCUT2D eigenvalue weighted by Crippen LogP contribution is -2.40. The Hall–Kier alpha value is -2.87. The van der Waals surface area contributed by atoms with E-state index in [1.165, 1.54) is 26.4 Å². The maximum atomic E-state index is 12.2. The van der Waals surface area contributed by atoms with Crippen molar-refractivity contribution < 1.29 is 23.9 Å². The summed E-state index contributed by atoms with van der Waals surface area (Å²) in [6.07, 6.45) is 2.71. The molecule has 0 saturated heterocycles. The van der Waals surface area contributed by atoms with E-state index in [1.54, 1.807) is 31.2 Å². The molecule has 126 valence electrons. The molecule has 5 heteroatoms. The first-order valence-electron chi connectivity index (χ1n) is 7.34. The van der Waals surface area contributed by atoms with Gasteiger partial charge < -0.3 is 9.47 Å². The van der Waals surface area contributed by atoms with Crippen LogP contribution in [0.4, 0.5) is 0 Å². The van der Waals surface area contributed by atoms with Crippen molar-refractivity contribution in [2.24, 2.45) is 5.41 Å². The number of ether oxygens (including phenoxy) is 2. The van der Waals surface area contributed by atoms with Crippen molar-refractivity contribution in [3.63, 3.8) is 0 Å². The van der Waals surface area contributed by atoms with Crippen LogP contribution in [0.25, 0.3) is 0 Å². The SMILES string of the molecule is CC#CCC(C/C=C/C(=O)c1ccccc1)(C(=O)OC)C(=O)OC. The number of hydrogen-bond acceptors (Lipinski definition) is 5. The molecule has 5 nitrogen and oxygen atoms in total. The van der Waals surface area contributed by atoms with Crippen LogP contribution in [0.2, 0.25) is 0 Å². The topological polar surface area (TPSA) is 69.7 Å². The van der Waals surface area contributed by atoms with Crippen LogP contribution in [0, 0.1) is 17.3 Å². The molecule has 0 N–H and O–H groups in total. The third-order valence-corrected chi connectivity index (χ3v) is 3.51. The molecule has 0 aliphatic heterocycles. The number of esters is 2. The van der Waals surface area contributed by atoms with E-state index < -0.39 is 17.4 Å². The molecule has 1 rings (SSSR count). The van der Waals surface area contributed by atoms with Gasteiger partial charge in [-0.3, -0.25) is 14.4 Å². The van der Waals surface area contributed by atoms with Gasteiger partial charge in [-0.25, -0.2) is 0 Å². The zero-order chi connectivity index (χ0) is 18.0. The molecule has 0 bridgehead atoms. The fraction of sp³-hybridized carbons (Fsp3) is 0.316. The molecular formula is C19H20O5. The predicted octanol–water partition coefficient (Wildman–Crippen LogP) is 2.56. The van der Waals surface area contributed by atoms with Crippen molar-refractivity contribution in [1.82, 2.24) is 0 Å². The van der Waals surface area contributed by atoms with Gasteiger partial charge in [-0.2, -0.15) is 0 Å². The van der Waals surface area contributed by atoms with Crippen molar-refractivity contribution in [1.29, 1.82) is 0 Å². The molecule has 1 aromatic rings. The zero-order valence-corrected chi connectivity index (χ0v) is 14.0. The van der Waals surface area contributed by atoms with Crippen molar-refractivity contribution in [3.05, 3.63) is 48.0 Å². The first kappa shape index (κ1) is 19.2. The second kappa shape index (κ2) is 9.31.